The van der Waals surface area contributed by atoms with Crippen LogP contribution in [0.25, 0.3) is 0 Å². The van der Waals surface area contributed by atoms with Crippen LogP contribution in [-0.4, -0.2) is 18.6 Å². The third kappa shape index (κ3) is 9.18. The summed E-state index contributed by atoms with van der Waals surface area (Å²) in [5.41, 5.74) is 0. The van der Waals surface area contributed by atoms with Crippen molar-refractivity contribution >= 4 is 6.03 Å². The number of amides is 2. The Hall–Kier alpha value is -0.730. The number of nitrogens with one attached hydrogen (secondary N) is 2. The zero-order chi connectivity index (χ0) is 10.3. The first-order valence-electron chi connectivity index (χ1n) is 5.06. The average molecular weight is 186 g/mol. The molecule has 0 aliphatic rings. The van der Waals surface area contributed by atoms with Gasteiger partial charge in [-0.25, -0.2) is 4.79 Å². The number of rotatable bonds is 5. The van der Waals surface area contributed by atoms with E-state index in [2.05, 4.69) is 24.5 Å². The van der Waals surface area contributed by atoms with Crippen LogP contribution in [0.5, 0.6) is 0 Å². The molecule has 0 heterocycles. The molecule has 0 rings (SSSR count). The Morgan fingerprint density at radius 1 is 1.23 bits per heavy atom. The van der Waals surface area contributed by atoms with E-state index >= 15 is 0 Å². The lowest BCUT2D eigenvalue weighted by atomic mass is 10.1. The van der Waals surface area contributed by atoms with Gasteiger partial charge in [0.15, 0.2) is 0 Å². The molecule has 0 aliphatic heterocycles. The van der Waals surface area contributed by atoms with Crippen LogP contribution in [-0.2, 0) is 0 Å². The Bertz CT molecular complexity index is 144. The smallest absolute Gasteiger partial charge is 0.314 e. The van der Waals surface area contributed by atoms with Crippen molar-refractivity contribution in [2.75, 3.05) is 6.54 Å². The van der Waals surface area contributed by atoms with Crippen molar-refractivity contribution in [3.8, 4) is 0 Å². The maximum absolute atomic E-state index is 11.1. The average Bonchev–Trinajstić information content (AvgIpc) is 1.96. The molecule has 78 valence electrons. The van der Waals surface area contributed by atoms with Crippen molar-refractivity contribution in [1.82, 2.24) is 10.6 Å². The summed E-state index contributed by atoms with van der Waals surface area (Å²) in [5.74, 6) is 0.718. The van der Waals surface area contributed by atoms with Crippen LogP contribution in [0.2, 0.25) is 0 Å². The van der Waals surface area contributed by atoms with Gasteiger partial charge < -0.3 is 10.6 Å². The van der Waals surface area contributed by atoms with Gasteiger partial charge in [0.05, 0.1) is 0 Å². The molecule has 0 bridgehead atoms. The molecule has 13 heavy (non-hydrogen) atoms. The first-order chi connectivity index (χ1) is 6.02. The highest BCUT2D eigenvalue weighted by Crippen LogP contribution is 2.01. The van der Waals surface area contributed by atoms with Crippen LogP contribution in [0.4, 0.5) is 4.79 Å². The van der Waals surface area contributed by atoms with Crippen LogP contribution < -0.4 is 10.6 Å². The first kappa shape index (κ1) is 12.3. The molecule has 2 N–H and O–H groups in total. The Kier molecular flexibility index (Phi) is 6.37. The molecule has 0 atom stereocenters. The molecule has 0 aliphatic carbocycles. The fraction of sp³-hybridized carbons (Fsp3) is 0.900. The van der Waals surface area contributed by atoms with Gasteiger partial charge in [-0.2, -0.15) is 0 Å². The van der Waals surface area contributed by atoms with Gasteiger partial charge in [0.2, 0.25) is 0 Å². The van der Waals surface area contributed by atoms with Gasteiger partial charge in [0.1, 0.15) is 0 Å². The molecule has 0 unspecified atom stereocenters. The monoisotopic (exact) mass is 186 g/mol. The van der Waals surface area contributed by atoms with Crippen molar-refractivity contribution < 1.29 is 4.79 Å². The summed E-state index contributed by atoms with van der Waals surface area (Å²) in [4.78, 5) is 11.1. The Labute approximate surface area is 81.3 Å². The van der Waals surface area contributed by atoms with Crippen molar-refractivity contribution in [1.29, 1.82) is 0 Å². The van der Waals surface area contributed by atoms with Crippen LogP contribution >= 0.6 is 0 Å². The number of hydrogen-bond donors (Lipinski definition) is 2. The van der Waals surface area contributed by atoms with Gasteiger partial charge in [-0.15, -0.1) is 0 Å². The second-order valence-electron chi connectivity index (χ2n) is 4.09. The van der Waals surface area contributed by atoms with Crippen molar-refractivity contribution in [3.05, 3.63) is 0 Å². The SMILES string of the molecule is CC(C)CCCNC(=O)NC(C)C. The highest BCUT2D eigenvalue weighted by molar-refractivity contribution is 5.73. The number of carbonyl (C=O) groups excluding carboxylic acids is 1. The predicted octanol–water partition coefficient (Wildman–Crippen LogP) is 2.13. The maximum Gasteiger partial charge on any atom is 0.314 e. The third-order valence-corrected chi connectivity index (χ3v) is 1.66. The molecule has 3 heteroatoms. The zero-order valence-electron chi connectivity index (χ0n) is 9.18. The fourth-order valence-corrected chi connectivity index (χ4v) is 1.03. The lowest BCUT2D eigenvalue weighted by molar-refractivity contribution is 0.238. The van der Waals surface area contributed by atoms with E-state index in [0.717, 1.165) is 18.9 Å². The maximum atomic E-state index is 11.1. The molecule has 0 fully saturated rings. The summed E-state index contributed by atoms with van der Waals surface area (Å²) in [6, 6.07) is 0.156. The minimum absolute atomic E-state index is 0.0567. The molecular weight excluding hydrogens is 164 g/mol. The number of urea groups is 1. The number of carbonyl (C=O) groups is 1. The largest absolute Gasteiger partial charge is 0.338 e. The van der Waals surface area contributed by atoms with Crippen LogP contribution in [0.3, 0.4) is 0 Å². The van der Waals surface area contributed by atoms with E-state index in [0.29, 0.717) is 0 Å². The molecule has 0 aromatic heterocycles. The predicted molar refractivity (Wildman–Crippen MR) is 55.7 cm³/mol. The van der Waals surface area contributed by atoms with Crippen molar-refractivity contribution in [2.45, 2.75) is 46.6 Å². The van der Waals surface area contributed by atoms with Crippen LogP contribution in [0, 0.1) is 5.92 Å². The molecule has 2 amide bonds. The molecule has 0 spiro atoms. The molecule has 0 aromatic rings. The van der Waals surface area contributed by atoms with E-state index in [1.54, 1.807) is 0 Å². The highest BCUT2D eigenvalue weighted by Gasteiger charge is 2.00. The minimum Gasteiger partial charge on any atom is -0.338 e. The van der Waals surface area contributed by atoms with E-state index in [9.17, 15) is 4.79 Å². The van der Waals surface area contributed by atoms with E-state index in [-0.39, 0.29) is 12.1 Å². The molecule has 0 radical (unpaired) electrons. The Morgan fingerprint density at radius 3 is 2.31 bits per heavy atom. The number of hydrogen-bond acceptors (Lipinski definition) is 1. The normalized spacial score (nSPS) is 10.6. The van der Waals surface area contributed by atoms with Crippen molar-refractivity contribution in [3.63, 3.8) is 0 Å². The van der Waals surface area contributed by atoms with Gasteiger partial charge in [0.25, 0.3) is 0 Å². The summed E-state index contributed by atoms with van der Waals surface area (Å²) in [5, 5.41) is 5.60. The van der Waals surface area contributed by atoms with E-state index in [4.69, 9.17) is 0 Å². The molecule has 0 aromatic carbocycles. The summed E-state index contributed by atoms with van der Waals surface area (Å²) in [7, 11) is 0. The van der Waals surface area contributed by atoms with E-state index in [1.807, 2.05) is 13.8 Å². The minimum atomic E-state index is -0.0567. The van der Waals surface area contributed by atoms with Gasteiger partial charge >= 0.3 is 6.03 Å². The summed E-state index contributed by atoms with van der Waals surface area (Å²) < 4.78 is 0. The second kappa shape index (κ2) is 6.75. The van der Waals surface area contributed by atoms with Gasteiger partial charge in [-0.3, -0.25) is 0 Å². The third-order valence-electron chi connectivity index (χ3n) is 1.66. The van der Waals surface area contributed by atoms with E-state index < -0.39 is 0 Å². The molecule has 0 saturated carbocycles. The topological polar surface area (TPSA) is 41.1 Å². The molecular formula is C10H22N2O. The summed E-state index contributed by atoms with van der Waals surface area (Å²) in [6.45, 7) is 9.06. The lowest BCUT2D eigenvalue weighted by Crippen LogP contribution is -2.39. The van der Waals surface area contributed by atoms with Crippen molar-refractivity contribution in [2.24, 2.45) is 5.92 Å². The van der Waals surface area contributed by atoms with Gasteiger partial charge in [0, 0.05) is 12.6 Å². The summed E-state index contributed by atoms with van der Waals surface area (Å²) >= 11 is 0. The van der Waals surface area contributed by atoms with Crippen LogP contribution in [0.1, 0.15) is 40.5 Å². The fourth-order valence-electron chi connectivity index (χ4n) is 1.03. The van der Waals surface area contributed by atoms with Crippen LogP contribution in [0.15, 0.2) is 0 Å². The quantitative estimate of drug-likeness (QED) is 0.634. The Balaban J connectivity index is 3.27. The highest BCUT2D eigenvalue weighted by atomic mass is 16.2. The second-order valence-corrected chi connectivity index (χ2v) is 4.09. The van der Waals surface area contributed by atoms with E-state index in [1.165, 1.54) is 6.42 Å². The van der Waals surface area contributed by atoms with Gasteiger partial charge in [-0.05, 0) is 32.6 Å². The van der Waals surface area contributed by atoms with Gasteiger partial charge in [-0.1, -0.05) is 13.8 Å². The summed E-state index contributed by atoms with van der Waals surface area (Å²) in [6.07, 6.45) is 2.23. The molecule has 3 nitrogen and oxygen atoms in total. The lowest BCUT2D eigenvalue weighted by Gasteiger charge is -2.10. The Morgan fingerprint density at radius 2 is 1.85 bits per heavy atom. The zero-order valence-corrected chi connectivity index (χ0v) is 9.18. The molecule has 0 saturated heterocycles. The first-order valence-corrected chi connectivity index (χ1v) is 5.06. The standard InChI is InChI=1S/C10H22N2O/c1-8(2)6-5-7-11-10(13)12-9(3)4/h8-9H,5-7H2,1-4H3,(H2,11,12,13).